The van der Waals surface area contributed by atoms with Gasteiger partial charge in [0.1, 0.15) is 0 Å². The van der Waals surface area contributed by atoms with Gasteiger partial charge in [0.2, 0.25) is 5.88 Å². The zero-order valence-corrected chi connectivity index (χ0v) is 8.73. The van der Waals surface area contributed by atoms with Crippen LogP contribution in [0.2, 0.25) is 0 Å². The molecule has 82 valence electrons. The molecule has 0 aliphatic carbocycles. The maximum atomic E-state index is 10.7. The van der Waals surface area contributed by atoms with Crippen LogP contribution in [0.3, 0.4) is 0 Å². The minimum Gasteiger partial charge on any atom is -0.477 e. The fourth-order valence-electron chi connectivity index (χ4n) is 0.939. The molecule has 0 saturated heterocycles. The number of carboxylic acid groups (broad SMARTS) is 1. The van der Waals surface area contributed by atoms with E-state index in [2.05, 4.69) is 4.98 Å². The first-order valence-electron chi connectivity index (χ1n) is 4.71. The average molecular weight is 210 g/mol. The molecule has 1 heterocycles. The Morgan fingerprint density at radius 2 is 2.33 bits per heavy atom. The summed E-state index contributed by atoms with van der Waals surface area (Å²) in [4.78, 5) is 14.5. The van der Waals surface area contributed by atoms with Crippen molar-refractivity contribution in [3.63, 3.8) is 0 Å². The molecule has 1 aromatic rings. The standard InChI is InChI=1S/C10H14N2O3/c1-3-6(2)15-9-7(11)4-5-8(12-9)10(13)14/h4-6H,3,11H2,1-2H3,(H,13,14). The van der Waals surface area contributed by atoms with Gasteiger partial charge >= 0.3 is 5.97 Å². The van der Waals surface area contributed by atoms with Gasteiger partial charge in [-0.15, -0.1) is 0 Å². The molecule has 15 heavy (non-hydrogen) atoms. The SMILES string of the molecule is CCC(C)Oc1nc(C(=O)O)ccc1N. The number of aromatic carboxylic acids is 1. The largest absolute Gasteiger partial charge is 0.477 e. The van der Waals surface area contributed by atoms with Gasteiger partial charge in [0.15, 0.2) is 5.69 Å². The minimum absolute atomic E-state index is 0.0381. The molecule has 0 fully saturated rings. The number of rotatable bonds is 4. The molecule has 0 aromatic carbocycles. The van der Waals surface area contributed by atoms with Crippen molar-refractivity contribution in [1.29, 1.82) is 0 Å². The summed E-state index contributed by atoms with van der Waals surface area (Å²) in [6.45, 7) is 3.83. The minimum atomic E-state index is -1.09. The van der Waals surface area contributed by atoms with E-state index in [1.807, 2.05) is 13.8 Å². The lowest BCUT2D eigenvalue weighted by atomic mass is 10.3. The highest BCUT2D eigenvalue weighted by atomic mass is 16.5. The van der Waals surface area contributed by atoms with E-state index in [1.165, 1.54) is 12.1 Å². The molecule has 1 atom stereocenters. The number of hydrogen-bond donors (Lipinski definition) is 2. The van der Waals surface area contributed by atoms with Crippen LogP contribution in [-0.2, 0) is 0 Å². The molecule has 1 rings (SSSR count). The van der Waals surface area contributed by atoms with Gasteiger partial charge in [-0.2, -0.15) is 0 Å². The van der Waals surface area contributed by atoms with Crippen LogP contribution in [0, 0.1) is 0 Å². The molecule has 1 aromatic heterocycles. The van der Waals surface area contributed by atoms with Crippen molar-refractivity contribution in [2.45, 2.75) is 26.4 Å². The van der Waals surface area contributed by atoms with Crippen molar-refractivity contribution < 1.29 is 14.6 Å². The summed E-state index contributed by atoms with van der Waals surface area (Å²) < 4.78 is 5.39. The molecular formula is C10H14N2O3. The Morgan fingerprint density at radius 3 is 2.87 bits per heavy atom. The number of nitrogens with zero attached hydrogens (tertiary/aromatic N) is 1. The lowest BCUT2D eigenvalue weighted by Gasteiger charge is -2.13. The van der Waals surface area contributed by atoms with Crippen molar-refractivity contribution in [2.75, 3.05) is 5.73 Å². The Balaban J connectivity index is 2.95. The molecule has 3 N–H and O–H groups in total. The van der Waals surface area contributed by atoms with Gasteiger partial charge in [0.05, 0.1) is 11.8 Å². The summed E-state index contributed by atoms with van der Waals surface area (Å²) in [5.74, 6) is -0.909. The number of carbonyl (C=O) groups is 1. The van der Waals surface area contributed by atoms with Crippen molar-refractivity contribution in [3.8, 4) is 5.88 Å². The summed E-state index contributed by atoms with van der Waals surface area (Å²) in [6.07, 6.45) is 0.766. The Labute approximate surface area is 87.9 Å². The first-order valence-corrected chi connectivity index (χ1v) is 4.71. The fourth-order valence-corrected chi connectivity index (χ4v) is 0.939. The molecular weight excluding hydrogens is 196 g/mol. The van der Waals surface area contributed by atoms with E-state index in [1.54, 1.807) is 0 Å². The van der Waals surface area contributed by atoms with Gasteiger partial charge in [0, 0.05) is 0 Å². The summed E-state index contributed by atoms with van der Waals surface area (Å²) in [5.41, 5.74) is 5.89. The van der Waals surface area contributed by atoms with E-state index in [0.717, 1.165) is 6.42 Å². The maximum Gasteiger partial charge on any atom is 0.354 e. The van der Waals surface area contributed by atoms with Crippen molar-refractivity contribution in [2.24, 2.45) is 0 Å². The molecule has 0 aliphatic heterocycles. The third-order valence-corrected chi connectivity index (χ3v) is 2.00. The smallest absolute Gasteiger partial charge is 0.354 e. The monoisotopic (exact) mass is 210 g/mol. The lowest BCUT2D eigenvalue weighted by Crippen LogP contribution is -2.13. The molecule has 0 aliphatic rings. The van der Waals surface area contributed by atoms with E-state index >= 15 is 0 Å². The molecule has 5 nitrogen and oxygen atoms in total. The van der Waals surface area contributed by atoms with Crippen LogP contribution in [0.4, 0.5) is 5.69 Å². The Bertz CT molecular complexity index is 366. The number of nitrogens with two attached hydrogens (primary N) is 1. The number of aromatic nitrogens is 1. The predicted molar refractivity (Wildman–Crippen MR) is 56.0 cm³/mol. The van der Waals surface area contributed by atoms with Gasteiger partial charge in [-0.1, -0.05) is 6.92 Å². The molecule has 1 unspecified atom stereocenters. The highest BCUT2D eigenvalue weighted by Crippen LogP contribution is 2.20. The summed E-state index contributed by atoms with van der Waals surface area (Å²) in [5, 5.41) is 8.73. The molecule has 0 saturated carbocycles. The van der Waals surface area contributed by atoms with Crippen LogP contribution < -0.4 is 10.5 Å². The summed E-state index contributed by atoms with van der Waals surface area (Å²) in [6, 6.07) is 2.83. The van der Waals surface area contributed by atoms with Gasteiger partial charge in [-0.05, 0) is 25.5 Å². The van der Waals surface area contributed by atoms with Crippen LogP contribution in [-0.4, -0.2) is 22.2 Å². The molecule has 0 spiro atoms. The normalized spacial score (nSPS) is 12.1. The number of hydrogen-bond acceptors (Lipinski definition) is 4. The van der Waals surface area contributed by atoms with Crippen molar-refractivity contribution in [1.82, 2.24) is 4.98 Å². The first-order chi connectivity index (χ1) is 7.04. The Hall–Kier alpha value is -1.78. The number of nitrogen functional groups attached to an aromatic ring is 1. The molecule has 0 radical (unpaired) electrons. The van der Waals surface area contributed by atoms with Gasteiger partial charge in [0.25, 0.3) is 0 Å². The third kappa shape index (κ3) is 2.83. The quantitative estimate of drug-likeness (QED) is 0.787. The van der Waals surface area contributed by atoms with E-state index in [0.29, 0.717) is 5.69 Å². The number of pyridine rings is 1. The topological polar surface area (TPSA) is 85.4 Å². The number of carboxylic acids is 1. The van der Waals surface area contributed by atoms with E-state index in [-0.39, 0.29) is 17.7 Å². The average Bonchev–Trinajstić information content (AvgIpc) is 2.20. The zero-order chi connectivity index (χ0) is 11.4. The Kier molecular flexibility index (Phi) is 3.49. The van der Waals surface area contributed by atoms with Crippen molar-refractivity contribution in [3.05, 3.63) is 17.8 Å². The highest BCUT2D eigenvalue weighted by Gasteiger charge is 2.11. The van der Waals surface area contributed by atoms with Crippen LogP contribution in [0.15, 0.2) is 12.1 Å². The van der Waals surface area contributed by atoms with Crippen LogP contribution in [0.1, 0.15) is 30.8 Å². The lowest BCUT2D eigenvalue weighted by molar-refractivity contribution is 0.0688. The van der Waals surface area contributed by atoms with Crippen LogP contribution in [0.25, 0.3) is 0 Å². The van der Waals surface area contributed by atoms with E-state index in [4.69, 9.17) is 15.6 Å². The Morgan fingerprint density at radius 1 is 1.67 bits per heavy atom. The van der Waals surface area contributed by atoms with Gasteiger partial charge in [-0.25, -0.2) is 9.78 Å². The second-order valence-corrected chi connectivity index (χ2v) is 3.23. The molecule has 5 heteroatoms. The second-order valence-electron chi connectivity index (χ2n) is 3.23. The molecule has 0 amide bonds. The maximum absolute atomic E-state index is 10.7. The third-order valence-electron chi connectivity index (χ3n) is 2.00. The summed E-state index contributed by atoms with van der Waals surface area (Å²) >= 11 is 0. The number of anilines is 1. The van der Waals surface area contributed by atoms with Crippen molar-refractivity contribution >= 4 is 11.7 Å². The van der Waals surface area contributed by atoms with Crippen LogP contribution >= 0.6 is 0 Å². The van der Waals surface area contributed by atoms with Gasteiger partial charge < -0.3 is 15.6 Å². The fraction of sp³-hybridized carbons (Fsp3) is 0.400. The summed E-state index contributed by atoms with van der Waals surface area (Å²) in [7, 11) is 0. The van der Waals surface area contributed by atoms with E-state index < -0.39 is 5.97 Å². The van der Waals surface area contributed by atoms with Crippen LogP contribution in [0.5, 0.6) is 5.88 Å². The molecule has 0 bridgehead atoms. The van der Waals surface area contributed by atoms with E-state index in [9.17, 15) is 4.79 Å². The number of ether oxygens (including phenoxy) is 1. The zero-order valence-electron chi connectivity index (χ0n) is 8.73. The predicted octanol–water partition coefficient (Wildman–Crippen LogP) is 1.54. The second kappa shape index (κ2) is 4.63. The highest BCUT2D eigenvalue weighted by molar-refractivity contribution is 5.86. The first kappa shape index (κ1) is 11.3. The van der Waals surface area contributed by atoms with Gasteiger partial charge in [-0.3, -0.25) is 0 Å².